The molecule has 0 radical (unpaired) electrons. The van der Waals surface area contributed by atoms with E-state index < -0.39 is 17.6 Å². The number of aromatic carboxylic acids is 1. The number of hydrogen-bond donors (Lipinski definition) is 1. The van der Waals surface area contributed by atoms with Gasteiger partial charge in [0.05, 0.1) is 5.02 Å². The van der Waals surface area contributed by atoms with Gasteiger partial charge in [-0.1, -0.05) is 11.6 Å². The molecule has 2 nitrogen and oxygen atoms in total. The Morgan fingerprint density at radius 2 is 1.93 bits per heavy atom. The maximum absolute atomic E-state index is 12.9. The van der Waals surface area contributed by atoms with Crippen LogP contribution in [0.25, 0.3) is 10.1 Å². The van der Waals surface area contributed by atoms with Gasteiger partial charge in [-0.25, -0.2) is 13.6 Å². The molecule has 78 valence electrons. The van der Waals surface area contributed by atoms with Crippen molar-refractivity contribution in [1.29, 1.82) is 0 Å². The SMILES string of the molecule is O=C(O)c1sc2cc(F)c(F)cc2c1Cl. The van der Waals surface area contributed by atoms with Crippen LogP contribution in [0.4, 0.5) is 8.78 Å². The highest BCUT2D eigenvalue weighted by atomic mass is 35.5. The van der Waals surface area contributed by atoms with Crippen molar-refractivity contribution in [3.63, 3.8) is 0 Å². The molecule has 0 fully saturated rings. The molecule has 2 aromatic rings. The summed E-state index contributed by atoms with van der Waals surface area (Å²) >= 11 is 6.53. The summed E-state index contributed by atoms with van der Waals surface area (Å²) < 4.78 is 26.0. The molecule has 0 amide bonds. The second-order valence-electron chi connectivity index (χ2n) is 2.81. The predicted molar refractivity (Wildman–Crippen MR) is 53.7 cm³/mol. The van der Waals surface area contributed by atoms with E-state index in [9.17, 15) is 13.6 Å². The number of rotatable bonds is 1. The normalized spacial score (nSPS) is 10.9. The zero-order chi connectivity index (χ0) is 11.2. The van der Waals surface area contributed by atoms with Crippen molar-refractivity contribution < 1.29 is 18.7 Å². The van der Waals surface area contributed by atoms with E-state index in [4.69, 9.17) is 16.7 Å². The van der Waals surface area contributed by atoms with E-state index in [1.165, 1.54) is 0 Å². The Morgan fingerprint density at radius 1 is 1.33 bits per heavy atom. The third kappa shape index (κ3) is 1.57. The van der Waals surface area contributed by atoms with Crippen LogP contribution in [0.15, 0.2) is 12.1 Å². The third-order valence-electron chi connectivity index (χ3n) is 1.86. The lowest BCUT2D eigenvalue weighted by Gasteiger charge is -1.93. The van der Waals surface area contributed by atoms with Gasteiger partial charge in [0.1, 0.15) is 4.88 Å². The summed E-state index contributed by atoms with van der Waals surface area (Å²) in [6, 6.07) is 1.84. The Balaban J connectivity index is 2.83. The average molecular weight is 249 g/mol. The molecule has 0 saturated heterocycles. The maximum Gasteiger partial charge on any atom is 0.347 e. The summed E-state index contributed by atoms with van der Waals surface area (Å²) in [7, 11) is 0. The minimum absolute atomic E-state index is 0.0543. The highest BCUT2D eigenvalue weighted by molar-refractivity contribution is 7.21. The van der Waals surface area contributed by atoms with Gasteiger partial charge in [-0.2, -0.15) is 0 Å². The predicted octanol–water partition coefficient (Wildman–Crippen LogP) is 3.53. The second kappa shape index (κ2) is 3.43. The number of hydrogen-bond acceptors (Lipinski definition) is 2. The Bertz CT molecular complexity index is 565. The van der Waals surface area contributed by atoms with E-state index in [1.54, 1.807) is 0 Å². The molecular weight excluding hydrogens is 246 g/mol. The number of carbonyl (C=O) groups is 1. The minimum Gasteiger partial charge on any atom is -0.477 e. The zero-order valence-corrected chi connectivity index (χ0v) is 8.62. The molecule has 2 rings (SSSR count). The molecule has 0 spiro atoms. The van der Waals surface area contributed by atoms with Crippen LogP contribution in [0.5, 0.6) is 0 Å². The number of carboxylic acid groups (broad SMARTS) is 1. The monoisotopic (exact) mass is 248 g/mol. The molecule has 6 heteroatoms. The summed E-state index contributed by atoms with van der Waals surface area (Å²) in [6.07, 6.45) is 0. The van der Waals surface area contributed by atoms with Crippen LogP contribution in [-0.2, 0) is 0 Å². The number of benzene rings is 1. The number of fused-ring (bicyclic) bond motifs is 1. The van der Waals surface area contributed by atoms with Crippen molar-refractivity contribution in [2.45, 2.75) is 0 Å². The first-order valence-electron chi connectivity index (χ1n) is 3.81. The van der Waals surface area contributed by atoms with Gasteiger partial charge in [-0.3, -0.25) is 0 Å². The summed E-state index contributed by atoms with van der Waals surface area (Å²) in [5.74, 6) is -3.27. The van der Waals surface area contributed by atoms with Gasteiger partial charge in [0.2, 0.25) is 0 Å². The number of thiophene rings is 1. The van der Waals surface area contributed by atoms with Gasteiger partial charge in [0.15, 0.2) is 11.6 Å². The van der Waals surface area contributed by atoms with E-state index in [2.05, 4.69) is 0 Å². The highest BCUT2D eigenvalue weighted by Crippen LogP contribution is 2.36. The molecule has 0 aliphatic heterocycles. The summed E-state index contributed by atoms with van der Waals surface area (Å²) in [6.45, 7) is 0. The number of halogens is 3. The molecule has 0 saturated carbocycles. The van der Waals surface area contributed by atoms with E-state index in [-0.39, 0.29) is 15.3 Å². The average Bonchev–Trinajstić information content (AvgIpc) is 2.46. The van der Waals surface area contributed by atoms with Crippen molar-refractivity contribution >= 4 is 39.0 Å². The largest absolute Gasteiger partial charge is 0.477 e. The molecule has 1 N–H and O–H groups in total. The lowest BCUT2D eigenvalue weighted by molar-refractivity contribution is 0.0702. The van der Waals surface area contributed by atoms with Crippen molar-refractivity contribution in [1.82, 2.24) is 0 Å². The number of carboxylic acids is 1. The molecule has 0 bridgehead atoms. The van der Waals surface area contributed by atoms with Gasteiger partial charge < -0.3 is 5.11 Å². The van der Waals surface area contributed by atoms with Gasteiger partial charge in [0, 0.05) is 10.1 Å². The van der Waals surface area contributed by atoms with Crippen LogP contribution in [-0.4, -0.2) is 11.1 Å². The molecule has 15 heavy (non-hydrogen) atoms. The van der Waals surface area contributed by atoms with E-state index in [1.807, 2.05) is 0 Å². The Kier molecular flexibility index (Phi) is 2.36. The molecule has 0 aliphatic carbocycles. The van der Waals surface area contributed by atoms with Crippen molar-refractivity contribution in [2.24, 2.45) is 0 Å². The zero-order valence-electron chi connectivity index (χ0n) is 7.05. The fourth-order valence-electron chi connectivity index (χ4n) is 1.20. The van der Waals surface area contributed by atoms with Crippen LogP contribution in [0, 0.1) is 11.6 Å². The summed E-state index contributed by atoms with van der Waals surface area (Å²) in [5.41, 5.74) is 0. The van der Waals surface area contributed by atoms with E-state index in [0.717, 1.165) is 23.5 Å². The highest BCUT2D eigenvalue weighted by Gasteiger charge is 2.18. The van der Waals surface area contributed by atoms with Crippen molar-refractivity contribution in [3.05, 3.63) is 33.7 Å². The molecule has 0 unspecified atom stereocenters. The molecule has 1 heterocycles. The van der Waals surface area contributed by atoms with Crippen molar-refractivity contribution in [3.8, 4) is 0 Å². The molecule has 1 aromatic heterocycles. The Hall–Kier alpha value is -1.20. The maximum atomic E-state index is 12.9. The first-order valence-corrected chi connectivity index (χ1v) is 5.00. The minimum atomic E-state index is -1.21. The molecule has 0 atom stereocenters. The summed E-state index contributed by atoms with van der Waals surface area (Å²) in [4.78, 5) is 10.6. The fraction of sp³-hybridized carbons (Fsp3) is 0. The van der Waals surface area contributed by atoms with E-state index in [0.29, 0.717) is 4.70 Å². The van der Waals surface area contributed by atoms with Crippen molar-refractivity contribution in [2.75, 3.05) is 0 Å². The van der Waals surface area contributed by atoms with Crippen LogP contribution < -0.4 is 0 Å². The lowest BCUT2D eigenvalue weighted by atomic mass is 10.2. The van der Waals surface area contributed by atoms with Crippen LogP contribution in [0.1, 0.15) is 9.67 Å². The van der Waals surface area contributed by atoms with Crippen LogP contribution >= 0.6 is 22.9 Å². The lowest BCUT2D eigenvalue weighted by Crippen LogP contribution is -1.91. The topological polar surface area (TPSA) is 37.3 Å². The molecule has 1 aromatic carbocycles. The van der Waals surface area contributed by atoms with Crippen LogP contribution in [0.3, 0.4) is 0 Å². The molecule has 0 aliphatic rings. The summed E-state index contributed by atoms with van der Waals surface area (Å²) in [5, 5.41) is 8.91. The Morgan fingerprint density at radius 3 is 2.53 bits per heavy atom. The quantitative estimate of drug-likeness (QED) is 0.838. The standard InChI is InChI=1S/C9H3ClF2O2S/c10-7-3-1-4(11)5(12)2-6(3)15-8(7)9(13)14/h1-2H,(H,13,14). The van der Waals surface area contributed by atoms with E-state index >= 15 is 0 Å². The third-order valence-corrected chi connectivity index (χ3v) is 3.51. The first kappa shape index (κ1) is 10.3. The van der Waals surface area contributed by atoms with Gasteiger partial charge in [-0.05, 0) is 12.1 Å². The van der Waals surface area contributed by atoms with Gasteiger partial charge >= 0.3 is 5.97 Å². The Labute approximate surface area is 91.7 Å². The fourth-order valence-corrected chi connectivity index (χ4v) is 2.55. The second-order valence-corrected chi connectivity index (χ2v) is 4.24. The van der Waals surface area contributed by atoms with Gasteiger partial charge in [0.25, 0.3) is 0 Å². The molecular formula is C9H3ClF2O2S. The smallest absolute Gasteiger partial charge is 0.347 e. The van der Waals surface area contributed by atoms with Crippen LogP contribution in [0.2, 0.25) is 5.02 Å². The first-order chi connectivity index (χ1) is 7.00. The van der Waals surface area contributed by atoms with Gasteiger partial charge in [-0.15, -0.1) is 11.3 Å².